The minimum Gasteiger partial charge on any atom is -0.488 e. The molecule has 0 heterocycles. The average molecular weight is 348 g/mol. The van der Waals surface area contributed by atoms with Crippen molar-refractivity contribution < 1.29 is 4.74 Å². The molecule has 0 amide bonds. The third-order valence-corrected chi connectivity index (χ3v) is 3.86. The molecule has 0 atom stereocenters. The second-order valence-electron chi connectivity index (χ2n) is 5.51. The SMILES string of the molecule is CC(C)CNCc1ccccc1COc1ccccc1Br. The Labute approximate surface area is 135 Å². The van der Waals surface area contributed by atoms with Gasteiger partial charge in [0, 0.05) is 6.54 Å². The molecule has 112 valence electrons. The number of nitrogens with one attached hydrogen (secondary N) is 1. The Morgan fingerprint density at radius 3 is 2.38 bits per heavy atom. The van der Waals surface area contributed by atoms with Crippen LogP contribution in [-0.4, -0.2) is 6.54 Å². The van der Waals surface area contributed by atoms with Crippen LogP contribution in [0.3, 0.4) is 0 Å². The smallest absolute Gasteiger partial charge is 0.133 e. The van der Waals surface area contributed by atoms with Crippen LogP contribution in [0.25, 0.3) is 0 Å². The van der Waals surface area contributed by atoms with Crippen molar-refractivity contribution in [1.29, 1.82) is 0 Å². The molecule has 21 heavy (non-hydrogen) atoms. The summed E-state index contributed by atoms with van der Waals surface area (Å²) < 4.78 is 6.90. The number of para-hydroxylation sites is 1. The molecule has 0 aliphatic heterocycles. The van der Waals surface area contributed by atoms with Crippen molar-refractivity contribution in [2.24, 2.45) is 5.92 Å². The van der Waals surface area contributed by atoms with Crippen molar-refractivity contribution in [1.82, 2.24) is 5.32 Å². The highest BCUT2D eigenvalue weighted by atomic mass is 79.9. The number of hydrogen-bond acceptors (Lipinski definition) is 2. The third kappa shape index (κ3) is 5.18. The lowest BCUT2D eigenvalue weighted by molar-refractivity contribution is 0.302. The van der Waals surface area contributed by atoms with Crippen molar-refractivity contribution >= 4 is 15.9 Å². The zero-order chi connectivity index (χ0) is 15.1. The van der Waals surface area contributed by atoms with Gasteiger partial charge in [-0.1, -0.05) is 50.2 Å². The minimum atomic E-state index is 0.585. The maximum atomic E-state index is 5.92. The van der Waals surface area contributed by atoms with E-state index in [1.807, 2.05) is 24.3 Å². The van der Waals surface area contributed by atoms with E-state index in [-0.39, 0.29) is 0 Å². The molecular weight excluding hydrogens is 326 g/mol. The highest BCUT2D eigenvalue weighted by Gasteiger charge is 2.05. The van der Waals surface area contributed by atoms with Crippen LogP contribution in [0, 0.1) is 5.92 Å². The fourth-order valence-electron chi connectivity index (χ4n) is 2.08. The summed E-state index contributed by atoms with van der Waals surface area (Å²) in [5.41, 5.74) is 2.52. The molecule has 0 spiro atoms. The predicted molar refractivity (Wildman–Crippen MR) is 91.5 cm³/mol. The summed E-state index contributed by atoms with van der Waals surface area (Å²) >= 11 is 3.51. The zero-order valence-corrected chi connectivity index (χ0v) is 14.2. The van der Waals surface area contributed by atoms with Gasteiger partial charge in [0.1, 0.15) is 12.4 Å². The van der Waals surface area contributed by atoms with Gasteiger partial charge in [0.05, 0.1) is 4.47 Å². The van der Waals surface area contributed by atoms with E-state index in [9.17, 15) is 0 Å². The molecule has 0 aliphatic carbocycles. The fraction of sp³-hybridized carbons (Fsp3) is 0.333. The second-order valence-corrected chi connectivity index (χ2v) is 6.37. The lowest BCUT2D eigenvalue weighted by atomic mass is 10.1. The molecule has 1 N–H and O–H groups in total. The number of rotatable bonds is 7. The van der Waals surface area contributed by atoms with Gasteiger partial charge in [-0.3, -0.25) is 0 Å². The van der Waals surface area contributed by atoms with E-state index in [1.165, 1.54) is 11.1 Å². The third-order valence-electron chi connectivity index (χ3n) is 3.21. The summed E-state index contributed by atoms with van der Waals surface area (Å²) in [6.45, 7) is 6.93. The molecule has 0 bridgehead atoms. The van der Waals surface area contributed by atoms with Gasteiger partial charge >= 0.3 is 0 Å². The van der Waals surface area contributed by atoms with Crippen molar-refractivity contribution in [2.75, 3.05) is 6.54 Å². The van der Waals surface area contributed by atoms with Crippen molar-refractivity contribution in [3.63, 3.8) is 0 Å². The Kier molecular flexibility index (Phi) is 6.27. The normalized spacial score (nSPS) is 10.9. The van der Waals surface area contributed by atoms with Crippen LogP contribution in [-0.2, 0) is 13.2 Å². The van der Waals surface area contributed by atoms with Crippen LogP contribution in [0.4, 0.5) is 0 Å². The second kappa shape index (κ2) is 8.20. The number of halogens is 1. The largest absolute Gasteiger partial charge is 0.488 e. The maximum Gasteiger partial charge on any atom is 0.133 e. The van der Waals surface area contributed by atoms with Crippen LogP contribution >= 0.6 is 15.9 Å². The molecule has 3 heteroatoms. The topological polar surface area (TPSA) is 21.3 Å². The van der Waals surface area contributed by atoms with E-state index in [2.05, 4.69) is 59.4 Å². The van der Waals surface area contributed by atoms with Crippen LogP contribution in [0.1, 0.15) is 25.0 Å². The molecule has 0 saturated heterocycles. The maximum absolute atomic E-state index is 5.92. The molecule has 0 fully saturated rings. The minimum absolute atomic E-state index is 0.585. The van der Waals surface area contributed by atoms with Crippen LogP contribution < -0.4 is 10.1 Å². The standard InChI is InChI=1S/C18H22BrNO/c1-14(2)11-20-12-15-7-3-4-8-16(15)13-21-18-10-6-5-9-17(18)19/h3-10,14,20H,11-13H2,1-2H3. The zero-order valence-electron chi connectivity index (χ0n) is 12.6. The molecule has 2 aromatic carbocycles. The number of ether oxygens (including phenoxy) is 1. The molecule has 2 aromatic rings. The Morgan fingerprint density at radius 2 is 1.67 bits per heavy atom. The first kappa shape index (κ1) is 16.1. The average Bonchev–Trinajstić information content (AvgIpc) is 2.47. The van der Waals surface area contributed by atoms with Crippen molar-refractivity contribution in [3.8, 4) is 5.75 Å². The Balaban J connectivity index is 1.98. The molecular formula is C18H22BrNO. The van der Waals surface area contributed by atoms with Gasteiger partial charge < -0.3 is 10.1 Å². The molecule has 0 saturated carbocycles. The molecule has 0 radical (unpaired) electrons. The van der Waals surface area contributed by atoms with E-state index in [1.54, 1.807) is 0 Å². The van der Waals surface area contributed by atoms with Gasteiger partial charge in [0.2, 0.25) is 0 Å². The van der Waals surface area contributed by atoms with Gasteiger partial charge in [0.25, 0.3) is 0 Å². The molecule has 2 nitrogen and oxygen atoms in total. The lowest BCUT2D eigenvalue weighted by Crippen LogP contribution is -2.20. The predicted octanol–water partition coefficient (Wildman–Crippen LogP) is 4.77. The molecule has 0 aromatic heterocycles. The highest BCUT2D eigenvalue weighted by Crippen LogP contribution is 2.25. The lowest BCUT2D eigenvalue weighted by Gasteiger charge is -2.13. The Hall–Kier alpha value is -1.32. The van der Waals surface area contributed by atoms with E-state index in [0.717, 1.165) is 23.3 Å². The number of hydrogen-bond donors (Lipinski definition) is 1. The van der Waals surface area contributed by atoms with E-state index < -0.39 is 0 Å². The Morgan fingerprint density at radius 1 is 1.00 bits per heavy atom. The quantitative estimate of drug-likeness (QED) is 0.778. The fourth-order valence-corrected chi connectivity index (χ4v) is 2.48. The van der Waals surface area contributed by atoms with Crippen LogP contribution in [0.15, 0.2) is 53.0 Å². The first-order valence-electron chi connectivity index (χ1n) is 7.31. The summed E-state index contributed by atoms with van der Waals surface area (Å²) in [7, 11) is 0. The summed E-state index contributed by atoms with van der Waals surface area (Å²) in [6.07, 6.45) is 0. The van der Waals surface area contributed by atoms with E-state index in [4.69, 9.17) is 4.74 Å². The van der Waals surface area contributed by atoms with Gasteiger partial charge in [-0.25, -0.2) is 0 Å². The highest BCUT2D eigenvalue weighted by molar-refractivity contribution is 9.10. The summed E-state index contributed by atoms with van der Waals surface area (Å²) in [6, 6.07) is 16.4. The first-order chi connectivity index (χ1) is 10.2. The molecule has 2 rings (SSSR count). The van der Waals surface area contributed by atoms with Crippen LogP contribution in [0.2, 0.25) is 0 Å². The summed E-state index contributed by atoms with van der Waals surface area (Å²) in [5.74, 6) is 1.54. The Bertz CT molecular complexity index is 569. The number of benzene rings is 2. The van der Waals surface area contributed by atoms with E-state index in [0.29, 0.717) is 12.5 Å². The summed E-state index contributed by atoms with van der Waals surface area (Å²) in [5, 5.41) is 3.49. The first-order valence-corrected chi connectivity index (χ1v) is 8.11. The van der Waals surface area contributed by atoms with Crippen molar-refractivity contribution in [2.45, 2.75) is 27.0 Å². The van der Waals surface area contributed by atoms with Crippen LogP contribution in [0.5, 0.6) is 5.75 Å². The van der Waals surface area contributed by atoms with E-state index >= 15 is 0 Å². The van der Waals surface area contributed by atoms with Gasteiger partial charge in [-0.2, -0.15) is 0 Å². The van der Waals surface area contributed by atoms with Gasteiger partial charge in [-0.15, -0.1) is 0 Å². The molecule has 0 unspecified atom stereocenters. The van der Waals surface area contributed by atoms with Gasteiger partial charge in [-0.05, 0) is 51.7 Å². The van der Waals surface area contributed by atoms with Gasteiger partial charge in [0.15, 0.2) is 0 Å². The van der Waals surface area contributed by atoms with Crippen molar-refractivity contribution in [3.05, 3.63) is 64.1 Å². The molecule has 0 aliphatic rings. The summed E-state index contributed by atoms with van der Waals surface area (Å²) in [4.78, 5) is 0. The monoisotopic (exact) mass is 347 g/mol.